The highest BCUT2D eigenvalue weighted by atomic mass is 14.3. The van der Waals surface area contributed by atoms with Crippen LogP contribution in [-0.4, -0.2) is 0 Å². The van der Waals surface area contributed by atoms with Gasteiger partial charge >= 0.3 is 0 Å². The van der Waals surface area contributed by atoms with Gasteiger partial charge in [0.25, 0.3) is 0 Å². The van der Waals surface area contributed by atoms with Crippen LogP contribution in [0.25, 0.3) is 0 Å². The van der Waals surface area contributed by atoms with Gasteiger partial charge in [-0.25, -0.2) is 0 Å². The molecule has 0 heteroatoms. The van der Waals surface area contributed by atoms with E-state index in [0.29, 0.717) is 0 Å². The van der Waals surface area contributed by atoms with E-state index in [1.54, 1.807) is 0 Å². The number of rotatable bonds is 5. The summed E-state index contributed by atoms with van der Waals surface area (Å²) in [5.41, 5.74) is 2.28. The predicted molar refractivity (Wildman–Crippen MR) is 70.8 cm³/mol. The standard InChI is InChI=1S/C15H22/c1-7-10-13(4)15(5,6)14(11-8-2)12-9-3/h7-12H,2,4H2,1,3,5-6H3/b10-7-,12-9-,14-11+. The quantitative estimate of drug-likeness (QED) is 0.560. The van der Waals surface area contributed by atoms with Crippen LogP contribution in [0.4, 0.5) is 0 Å². The van der Waals surface area contributed by atoms with Gasteiger partial charge in [0, 0.05) is 5.41 Å². The van der Waals surface area contributed by atoms with Gasteiger partial charge in [0.15, 0.2) is 0 Å². The maximum atomic E-state index is 4.11. The molecule has 0 fully saturated rings. The first-order chi connectivity index (χ1) is 7.00. The summed E-state index contributed by atoms with van der Waals surface area (Å²) in [7, 11) is 0. The van der Waals surface area contributed by atoms with Crippen LogP contribution < -0.4 is 0 Å². The largest absolute Gasteiger partial charge is 0.0991 e. The summed E-state index contributed by atoms with van der Waals surface area (Å²) >= 11 is 0. The van der Waals surface area contributed by atoms with Gasteiger partial charge in [-0.15, -0.1) is 0 Å². The Labute approximate surface area is 94.4 Å². The van der Waals surface area contributed by atoms with Crippen LogP contribution in [0.5, 0.6) is 0 Å². The molecule has 0 bridgehead atoms. The van der Waals surface area contributed by atoms with Gasteiger partial charge < -0.3 is 0 Å². The van der Waals surface area contributed by atoms with Crippen LogP contribution in [-0.2, 0) is 0 Å². The molecule has 0 aliphatic rings. The summed E-state index contributed by atoms with van der Waals surface area (Å²) in [6.07, 6.45) is 12.1. The summed E-state index contributed by atoms with van der Waals surface area (Å²) < 4.78 is 0. The molecule has 15 heavy (non-hydrogen) atoms. The lowest BCUT2D eigenvalue weighted by Crippen LogP contribution is -2.15. The zero-order valence-electron chi connectivity index (χ0n) is 10.4. The lowest BCUT2D eigenvalue weighted by Gasteiger charge is -2.27. The Morgan fingerprint density at radius 3 is 2.00 bits per heavy atom. The smallest absolute Gasteiger partial charge is 0.0140 e. The first kappa shape index (κ1) is 13.7. The van der Waals surface area contributed by atoms with Crippen molar-refractivity contribution in [3.63, 3.8) is 0 Å². The van der Waals surface area contributed by atoms with Crippen molar-refractivity contribution in [1.29, 1.82) is 0 Å². The average Bonchev–Trinajstić information content (AvgIpc) is 2.18. The van der Waals surface area contributed by atoms with Crippen LogP contribution in [0.15, 0.2) is 60.8 Å². The van der Waals surface area contributed by atoms with Gasteiger partial charge in [0.05, 0.1) is 0 Å². The molecule has 0 aromatic rings. The van der Waals surface area contributed by atoms with E-state index in [2.05, 4.69) is 39.2 Å². The molecule has 0 atom stereocenters. The Morgan fingerprint density at radius 1 is 1.07 bits per heavy atom. The highest BCUT2D eigenvalue weighted by Crippen LogP contribution is 2.35. The van der Waals surface area contributed by atoms with Crippen LogP contribution in [0.1, 0.15) is 27.7 Å². The third-order valence-corrected chi connectivity index (χ3v) is 2.54. The van der Waals surface area contributed by atoms with Crippen molar-refractivity contribution in [2.75, 3.05) is 0 Å². The van der Waals surface area contributed by atoms with E-state index in [0.717, 1.165) is 5.57 Å². The van der Waals surface area contributed by atoms with E-state index in [1.165, 1.54) is 5.57 Å². The minimum atomic E-state index is -0.0484. The summed E-state index contributed by atoms with van der Waals surface area (Å²) in [5.74, 6) is 0. The van der Waals surface area contributed by atoms with E-state index in [4.69, 9.17) is 0 Å². The molecule has 0 aliphatic heterocycles. The topological polar surface area (TPSA) is 0 Å². The Bertz CT molecular complexity index is 309. The maximum Gasteiger partial charge on any atom is 0.0140 e. The van der Waals surface area contributed by atoms with Crippen LogP contribution in [0.2, 0.25) is 0 Å². The number of allylic oxidation sites excluding steroid dienone is 8. The maximum absolute atomic E-state index is 4.11. The molecule has 0 spiro atoms. The molecule has 0 aromatic carbocycles. The van der Waals surface area contributed by atoms with E-state index < -0.39 is 0 Å². The Morgan fingerprint density at radius 2 is 1.60 bits per heavy atom. The summed E-state index contributed by atoms with van der Waals surface area (Å²) in [6, 6.07) is 0. The predicted octanol–water partition coefficient (Wildman–Crippen LogP) is 4.83. The minimum absolute atomic E-state index is 0.0484. The van der Waals surface area contributed by atoms with Gasteiger partial charge in [-0.3, -0.25) is 0 Å². The van der Waals surface area contributed by atoms with Crippen LogP contribution >= 0.6 is 0 Å². The van der Waals surface area contributed by atoms with Crippen molar-refractivity contribution >= 4 is 0 Å². The second-order valence-corrected chi connectivity index (χ2v) is 4.01. The zero-order valence-corrected chi connectivity index (χ0v) is 10.4. The first-order valence-corrected chi connectivity index (χ1v) is 5.28. The van der Waals surface area contributed by atoms with Crippen molar-refractivity contribution in [2.45, 2.75) is 27.7 Å². The summed E-state index contributed by atoms with van der Waals surface area (Å²) in [6.45, 7) is 16.2. The SMILES string of the molecule is C=C/C=C(\C=C/C)C(C)(C)C(=C)/C=C\C. The van der Waals surface area contributed by atoms with Crippen molar-refractivity contribution in [2.24, 2.45) is 5.41 Å². The van der Waals surface area contributed by atoms with Crippen molar-refractivity contribution in [3.05, 3.63) is 60.8 Å². The fourth-order valence-electron chi connectivity index (χ4n) is 1.37. The monoisotopic (exact) mass is 202 g/mol. The van der Waals surface area contributed by atoms with Gasteiger partial charge in [-0.05, 0) is 25.0 Å². The minimum Gasteiger partial charge on any atom is -0.0991 e. The van der Waals surface area contributed by atoms with E-state index >= 15 is 0 Å². The van der Waals surface area contributed by atoms with Gasteiger partial charge in [-0.1, -0.05) is 63.5 Å². The van der Waals surface area contributed by atoms with Crippen LogP contribution in [0, 0.1) is 5.41 Å². The molecule has 0 nitrogen and oxygen atoms in total. The molecule has 0 rings (SSSR count). The summed E-state index contributed by atoms with van der Waals surface area (Å²) in [5, 5.41) is 0. The third-order valence-electron chi connectivity index (χ3n) is 2.54. The normalized spacial score (nSPS) is 13.7. The molecular weight excluding hydrogens is 180 g/mol. The van der Waals surface area contributed by atoms with Crippen LogP contribution in [0.3, 0.4) is 0 Å². The van der Waals surface area contributed by atoms with E-state index in [1.807, 2.05) is 38.2 Å². The van der Waals surface area contributed by atoms with Gasteiger partial charge in [-0.2, -0.15) is 0 Å². The average molecular weight is 202 g/mol. The van der Waals surface area contributed by atoms with Crippen molar-refractivity contribution in [1.82, 2.24) is 0 Å². The van der Waals surface area contributed by atoms with E-state index in [-0.39, 0.29) is 5.41 Å². The molecule has 0 heterocycles. The summed E-state index contributed by atoms with van der Waals surface area (Å²) in [4.78, 5) is 0. The van der Waals surface area contributed by atoms with Crippen molar-refractivity contribution < 1.29 is 0 Å². The van der Waals surface area contributed by atoms with Gasteiger partial charge in [0.1, 0.15) is 0 Å². The fourth-order valence-corrected chi connectivity index (χ4v) is 1.37. The lowest BCUT2D eigenvalue weighted by molar-refractivity contribution is 0.568. The molecule has 0 amide bonds. The molecule has 0 N–H and O–H groups in total. The highest BCUT2D eigenvalue weighted by molar-refractivity contribution is 5.39. The lowest BCUT2D eigenvalue weighted by atomic mass is 9.77. The molecule has 0 unspecified atom stereocenters. The number of hydrogen-bond donors (Lipinski definition) is 0. The molecule has 82 valence electrons. The second kappa shape index (κ2) is 6.23. The molecular formula is C15H22. The van der Waals surface area contributed by atoms with Gasteiger partial charge in [0.2, 0.25) is 0 Å². The van der Waals surface area contributed by atoms with E-state index in [9.17, 15) is 0 Å². The zero-order chi connectivity index (χ0) is 11.9. The number of hydrogen-bond acceptors (Lipinski definition) is 0. The fraction of sp³-hybridized carbons (Fsp3) is 0.333. The highest BCUT2D eigenvalue weighted by Gasteiger charge is 2.22. The van der Waals surface area contributed by atoms with Crippen molar-refractivity contribution in [3.8, 4) is 0 Å². The third kappa shape index (κ3) is 3.75. The first-order valence-electron chi connectivity index (χ1n) is 5.28. The molecule has 0 aromatic heterocycles. The second-order valence-electron chi connectivity index (χ2n) is 4.01. The Kier molecular flexibility index (Phi) is 5.69. The molecule has 0 radical (unpaired) electrons. The molecule has 0 aliphatic carbocycles. The molecule has 0 saturated carbocycles. The Balaban J connectivity index is 5.20. The Hall–Kier alpha value is -1.30. The molecule has 0 saturated heterocycles.